The Morgan fingerprint density at radius 1 is 1.10 bits per heavy atom. The molecule has 0 saturated heterocycles. The van der Waals surface area contributed by atoms with E-state index < -0.39 is 0 Å². The Morgan fingerprint density at radius 3 is 2.48 bits per heavy atom. The molecule has 0 atom stereocenters. The lowest BCUT2D eigenvalue weighted by Gasteiger charge is -2.09. The third kappa shape index (κ3) is 4.68. The van der Waals surface area contributed by atoms with E-state index in [1.807, 2.05) is 6.92 Å². The molecule has 110 valence electrons. The summed E-state index contributed by atoms with van der Waals surface area (Å²) in [4.78, 5) is 11.8. The van der Waals surface area contributed by atoms with Gasteiger partial charge >= 0.3 is 0 Å². The molecule has 4 nitrogen and oxygen atoms in total. The van der Waals surface area contributed by atoms with Crippen LogP contribution in [0.3, 0.4) is 0 Å². The van der Waals surface area contributed by atoms with E-state index in [1.54, 1.807) is 48.5 Å². The van der Waals surface area contributed by atoms with Crippen LogP contribution >= 0.6 is 11.6 Å². The number of halogens is 1. The molecule has 2 aromatic rings. The Kier molecular flexibility index (Phi) is 5.46. The van der Waals surface area contributed by atoms with Gasteiger partial charge in [0.05, 0.1) is 11.6 Å². The Balaban J connectivity index is 1.85. The SMILES string of the molecule is CCOc1ccc(NC(=O)COc2ccccc2Cl)cc1. The normalized spacial score (nSPS) is 10.0. The first-order valence-corrected chi connectivity index (χ1v) is 6.97. The highest BCUT2D eigenvalue weighted by Gasteiger charge is 2.06. The standard InChI is InChI=1S/C16H16ClNO3/c1-2-20-13-9-7-12(8-10-13)18-16(19)11-21-15-6-4-3-5-14(15)17/h3-10H,2,11H2,1H3,(H,18,19). The summed E-state index contributed by atoms with van der Waals surface area (Å²) in [5.74, 6) is 1.00. The second-order valence-electron chi connectivity index (χ2n) is 4.22. The number of hydrogen-bond acceptors (Lipinski definition) is 3. The van der Waals surface area contributed by atoms with Crippen LogP contribution in [0.5, 0.6) is 11.5 Å². The zero-order chi connectivity index (χ0) is 15.1. The molecule has 0 aliphatic heterocycles. The predicted octanol–water partition coefficient (Wildman–Crippen LogP) is 3.76. The van der Waals surface area contributed by atoms with Gasteiger partial charge in [-0.05, 0) is 43.3 Å². The zero-order valence-corrected chi connectivity index (χ0v) is 12.4. The van der Waals surface area contributed by atoms with Crippen molar-refractivity contribution in [1.82, 2.24) is 0 Å². The van der Waals surface area contributed by atoms with Crippen molar-refractivity contribution in [3.63, 3.8) is 0 Å². The molecule has 0 saturated carbocycles. The Labute approximate surface area is 128 Å². The molecule has 21 heavy (non-hydrogen) atoms. The van der Waals surface area contributed by atoms with Gasteiger partial charge in [0.15, 0.2) is 6.61 Å². The van der Waals surface area contributed by atoms with Crippen molar-refractivity contribution in [2.75, 3.05) is 18.5 Å². The first kappa shape index (κ1) is 15.2. The van der Waals surface area contributed by atoms with Gasteiger partial charge in [-0.2, -0.15) is 0 Å². The van der Waals surface area contributed by atoms with Crippen LogP contribution in [-0.4, -0.2) is 19.1 Å². The van der Waals surface area contributed by atoms with Crippen molar-refractivity contribution < 1.29 is 14.3 Å². The monoisotopic (exact) mass is 305 g/mol. The molecule has 0 aromatic heterocycles. The van der Waals surface area contributed by atoms with E-state index in [0.29, 0.717) is 23.1 Å². The Morgan fingerprint density at radius 2 is 1.81 bits per heavy atom. The molecule has 1 N–H and O–H groups in total. The van der Waals surface area contributed by atoms with E-state index in [-0.39, 0.29) is 12.5 Å². The molecule has 0 bridgehead atoms. The van der Waals surface area contributed by atoms with Gasteiger partial charge in [0.25, 0.3) is 5.91 Å². The van der Waals surface area contributed by atoms with E-state index in [2.05, 4.69) is 5.32 Å². The van der Waals surface area contributed by atoms with E-state index in [4.69, 9.17) is 21.1 Å². The molecule has 0 aliphatic carbocycles. The fourth-order valence-corrected chi connectivity index (χ4v) is 1.89. The van der Waals surface area contributed by atoms with Gasteiger partial charge in [-0.15, -0.1) is 0 Å². The van der Waals surface area contributed by atoms with E-state index in [9.17, 15) is 4.79 Å². The topological polar surface area (TPSA) is 47.6 Å². The third-order valence-electron chi connectivity index (χ3n) is 2.64. The minimum Gasteiger partial charge on any atom is -0.494 e. The molecule has 1 amide bonds. The number of nitrogens with one attached hydrogen (secondary N) is 1. The van der Waals surface area contributed by atoms with Gasteiger partial charge in [0.2, 0.25) is 0 Å². The van der Waals surface area contributed by atoms with Crippen LogP contribution in [0.2, 0.25) is 5.02 Å². The summed E-state index contributed by atoms with van der Waals surface area (Å²) in [5.41, 5.74) is 0.686. The van der Waals surface area contributed by atoms with Crippen molar-refractivity contribution in [1.29, 1.82) is 0 Å². The predicted molar refractivity (Wildman–Crippen MR) is 83.2 cm³/mol. The number of carbonyl (C=O) groups is 1. The lowest BCUT2D eigenvalue weighted by atomic mass is 10.3. The summed E-state index contributed by atoms with van der Waals surface area (Å²) in [7, 11) is 0. The van der Waals surface area contributed by atoms with E-state index in [1.165, 1.54) is 0 Å². The lowest BCUT2D eigenvalue weighted by molar-refractivity contribution is -0.118. The summed E-state index contributed by atoms with van der Waals surface area (Å²) in [6.45, 7) is 2.43. The van der Waals surface area contributed by atoms with Gasteiger partial charge in [-0.25, -0.2) is 0 Å². The minimum atomic E-state index is -0.251. The van der Waals surface area contributed by atoms with Crippen molar-refractivity contribution in [2.45, 2.75) is 6.92 Å². The van der Waals surface area contributed by atoms with E-state index >= 15 is 0 Å². The average molecular weight is 306 g/mol. The fourth-order valence-electron chi connectivity index (χ4n) is 1.70. The molecular weight excluding hydrogens is 290 g/mol. The van der Waals surface area contributed by atoms with Gasteiger partial charge in [0, 0.05) is 5.69 Å². The molecule has 5 heteroatoms. The van der Waals surface area contributed by atoms with Gasteiger partial charge in [-0.3, -0.25) is 4.79 Å². The van der Waals surface area contributed by atoms with Crippen molar-refractivity contribution in [3.05, 3.63) is 53.6 Å². The maximum Gasteiger partial charge on any atom is 0.262 e. The molecule has 0 fully saturated rings. The average Bonchev–Trinajstić information content (AvgIpc) is 2.49. The van der Waals surface area contributed by atoms with Crippen LogP contribution in [0.1, 0.15) is 6.92 Å². The maximum absolute atomic E-state index is 11.8. The number of anilines is 1. The lowest BCUT2D eigenvalue weighted by Crippen LogP contribution is -2.20. The van der Waals surface area contributed by atoms with Gasteiger partial charge in [-0.1, -0.05) is 23.7 Å². The molecule has 0 unspecified atom stereocenters. The largest absolute Gasteiger partial charge is 0.494 e. The zero-order valence-electron chi connectivity index (χ0n) is 11.6. The van der Waals surface area contributed by atoms with Crippen LogP contribution in [0.25, 0.3) is 0 Å². The molecule has 0 radical (unpaired) electrons. The maximum atomic E-state index is 11.8. The van der Waals surface area contributed by atoms with Crippen molar-refractivity contribution >= 4 is 23.2 Å². The summed E-state index contributed by atoms with van der Waals surface area (Å²) < 4.78 is 10.7. The molecule has 0 heterocycles. The number of ether oxygens (including phenoxy) is 2. The number of benzene rings is 2. The summed E-state index contributed by atoms with van der Waals surface area (Å²) in [5, 5.41) is 3.22. The van der Waals surface area contributed by atoms with E-state index in [0.717, 1.165) is 5.75 Å². The molecule has 2 rings (SSSR count). The number of para-hydroxylation sites is 1. The first-order valence-electron chi connectivity index (χ1n) is 6.59. The van der Waals surface area contributed by atoms with Crippen LogP contribution in [-0.2, 0) is 4.79 Å². The highest BCUT2D eigenvalue weighted by atomic mass is 35.5. The second kappa shape index (κ2) is 7.55. The van der Waals surface area contributed by atoms with Crippen molar-refractivity contribution in [3.8, 4) is 11.5 Å². The molecule has 0 aliphatic rings. The number of amides is 1. The van der Waals surface area contributed by atoms with Crippen LogP contribution in [0, 0.1) is 0 Å². The quantitative estimate of drug-likeness (QED) is 0.884. The first-order chi connectivity index (χ1) is 10.2. The van der Waals surface area contributed by atoms with Gasteiger partial charge < -0.3 is 14.8 Å². The van der Waals surface area contributed by atoms with Crippen LogP contribution in [0.4, 0.5) is 5.69 Å². The second-order valence-corrected chi connectivity index (χ2v) is 4.63. The highest BCUT2D eigenvalue weighted by molar-refractivity contribution is 6.32. The summed E-state index contributed by atoms with van der Waals surface area (Å²) >= 11 is 5.94. The molecule has 2 aromatic carbocycles. The van der Waals surface area contributed by atoms with Crippen molar-refractivity contribution in [2.24, 2.45) is 0 Å². The smallest absolute Gasteiger partial charge is 0.262 e. The minimum absolute atomic E-state index is 0.100. The Bertz CT molecular complexity index is 599. The Hall–Kier alpha value is -2.20. The molecule has 0 spiro atoms. The summed E-state index contributed by atoms with van der Waals surface area (Å²) in [6, 6.07) is 14.2. The van der Waals surface area contributed by atoms with Crippen LogP contribution < -0.4 is 14.8 Å². The third-order valence-corrected chi connectivity index (χ3v) is 2.96. The highest BCUT2D eigenvalue weighted by Crippen LogP contribution is 2.23. The number of rotatable bonds is 6. The van der Waals surface area contributed by atoms with Gasteiger partial charge in [0.1, 0.15) is 11.5 Å². The fraction of sp³-hybridized carbons (Fsp3) is 0.188. The summed E-state index contributed by atoms with van der Waals surface area (Å²) in [6.07, 6.45) is 0. The molecular formula is C16H16ClNO3. The number of hydrogen-bond donors (Lipinski definition) is 1. The van der Waals surface area contributed by atoms with Crippen LogP contribution in [0.15, 0.2) is 48.5 Å². The number of carbonyl (C=O) groups excluding carboxylic acids is 1.